The van der Waals surface area contributed by atoms with Crippen LogP contribution in [0.25, 0.3) is 0 Å². The summed E-state index contributed by atoms with van der Waals surface area (Å²) in [5.74, 6) is -3.93. The van der Waals surface area contributed by atoms with Gasteiger partial charge < -0.3 is 27.7 Å². The number of carboxylic acids is 1. The lowest BCUT2D eigenvalue weighted by Gasteiger charge is -2.21. The fraction of sp³-hybridized carbons (Fsp3) is 0.615. The number of aliphatic carboxylic acids is 1. The summed E-state index contributed by atoms with van der Waals surface area (Å²) < 4.78 is 46.9. The Morgan fingerprint density at radius 3 is 2.25 bits per heavy atom. The Morgan fingerprint density at radius 2 is 1.79 bits per heavy atom. The highest BCUT2D eigenvalue weighted by atomic mass is 31.3. The number of carbonyl (C=O) groups is 2. The van der Waals surface area contributed by atoms with Gasteiger partial charge in [0.15, 0.2) is 36.2 Å². The minimum absolute atomic E-state index is 0.00717. The van der Waals surface area contributed by atoms with Gasteiger partial charge in [0.2, 0.25) is 0 Å². The molecule has 15 heteroatoms. The molecule has 0 bridgehead atoms. The summed E-state index contributed by atoms with van der Waals surface area (Å²) in [7, 11) is -2.44. The highest BCUT2D eigenvalue weighted by molar-refractivity contribution is 7.63. The van der Waals surface area contributed by atoms with Gasteiger partial charge in [-0.25, -0.2) is 4.79 Å². The molecule has 0 saturated heterocycles. The first kappa shape index (κ1) is 24.9. The summed E-state index contributed by atoms with van der Waals surface area (Å²) in [6.07, 6.45) is -0.996. The highest BCUT2D eigenvalue weighted by Gasteiger charge is 2.35. The summed E-state index contributed by atoms with van der Waals surface area (Å²) in [5.41, 5.74) is 0. The molecule has 160 valence electrons. The predicted octanol–water partition coefficient (Wildman–Crippen LogP) is 2.60. The Hall–Kier alpha value is -1.12. The molecule has 0 aliphatic heterocycles. The molecular formula is C13H21O12P3. The van der Waals surface area contributed by atoms with Crippen LogP contribution in [0.3, 0.4) is 0 Å². The molecule has 1 heterocycles. The van der Waals surface area contributed by atoms with E-state index in [2.05, 4.69) is 4.42 Å². The molecule has 1 aromatic heterocycles. The number of hydrogen-bond donors (Lipinski definition) is 1. The van der Waals surface area contributed by atoms with E-state index in [1.807, 2.05) is 0 Å². The molecule has 0 spiro atoms. The smallest absolute Gasteiger partial charge is 0.481 e. The lowest BCUT2D eigenvalue weighted by atomic mass is 10.1. The monoisotopic (exact) mass is 462 g/mol. The van der Waals surface area contributed by atoms with Crippen LogP contribution in [-0.2, 0) is 43.2 Å². The van der Waals surface area contributed by atoms with E-state index in [-0.39, 0.29) is 24.4 Å². The largest absolute Gasteiger partial charge is 0.519 e. The molecule has 0 aliphatic rings. The Labute approximate surface area is 163 Å². The maximum Gasteiger partial charge on any atom is 0.519 e. The zero-order valence-corrected chi connectivity index (χ0v) is 18.2. The average molecular weight is 462 g/mol. The van der Waals surface area contributed by atoms with Gasteiger partial charge in [0.1, 0.15) is 0 Å². The first-order valence-corrected chi connectivity index (χ1v) is 11.1. The summed E-state index contributed by atoms with van der Waals surface area (Å²) in [6.45, 7) is 1.04. The van der Waals surface area contributed by atoms with Crippen molar-refractivity contribution in [2.45, 2.75) is 26.4 Å². The predicted molar refractivity (Wildman–Crippen MR) is 97.4 cm³/mol. The van der Waals surface area contributed by atoms with Crippen LogP contribution >= 0.6 is 25.7 Å². The second kappa shape index (κ2) is 12.4. The van der Waals surface area contributed by atoms with E-state index in [1.165, 1.54) is 21.1 Å². The fourth-order valence-corrected chi connectivity index (χ4v) is 5.35. The van der Waals surface area contributed by atoms with Crippen molar-refractivity contribution in [1.29, 1.82) is 0 Å². The van der Waals surface area contributed by atoms with Gasteiger partial charge in [0.05, 0.1) is 12.1 Å². The lowest BCUT2D eigenvalue weighted by molar-refractivity contribution is -0.150. The average Bonchev–Trinajstić information content (AvgIpc) is 2.97. The summed E-state index contributed by atoms with van der Waals surface area (Å²) in [5, 5.41) is 8.89. The van der Waals surface area contributed by atoms with Crippen LogP contribution in [-0.4, -0.2) is 37.4 Å². The molecule has 3 atom stereocenters. The van der Waals surface area contributed by atoms with Crippen LogP contribution in [0.5, 0.6) is 0 Å². The van der Waals surface area contributed by atoms with Gasteiger partial charge in [-0.15, -0.1) is 0 Å². The van der Waals surface area contributed by atoms with Gasteiger partial charge in [-0.2, -0.15) is 0 Å². The van der Waals surface area contributed by atoms with E-state index in [0.717, 1.165) is 0 Å². The fourth-order valence-electron chi connectivity index (χ4n) is 1.89. The van der Waals surface area contributed by atoms with E-state index in [0.29, 0.717) is 0 Å². The molecule has 0 fully saturated rings. The number of rotatable bonds is 14. The molecule has 0 saturated carbocycles. The third-order valence-electron chi connectivity index (χ3n) is 3.18. The van der Waals surface area contributed by atoms with E-state index in [1.54, 1.807) is 0 Å². The quantitative estimate of drug-likeness (QED) is 0.318. The molecule has 0 amide bonds. The first-order valence-electron chi connectivity index (χ1n) is 7.70. The Kier molecular flexibility index (Phi) is 11.1. The van der Waals surface area contributed by atoms with Gasteiger partial charge >= 0.3 is 25.4 Å². The molecule has 1 rings (SSSR count). The maximum absolute atomic E-state index is 12.8. The van der Waals surface area contributed by atoms with Gasteiger partial charge in [-0.3, -0.25) is 22.8 Å². The van der Waals surface area contributed by atoms with Crippen LogP contribution in [0, 0.1) is 12.8 Å². The normalized spacial score (nSPS) is 15.2. The van der Waals surface area contributed by atoms with Gasteiger partial charge in [0.25, 0.3) is 0 Å². The van der Waals surface area contributed by atoms with Gasteiger partial charge in [0, 0.05) is 20.6 Å². The van der Waals surface area contributed by atoms with E-state index < -0.39 is 62.1 Å². The summed E-state index contributed by atoms with van der Waals surface area (Å²) in [4.78, 5) is 34.3. The van der Waals surface area contributed by atoms with Crippen molar-refractivity contribution in [2.24, 2.45) is 5.92 Å². The van der Waals surface area contributed by atoms with Gasteiger partial charge in [-0.1, -0.05) is 0 Å². The molecule has 12 nitrogen and oxygen atoms in total. The lowest BCUT2D eigenvalue weighted by Crippen LogP contribution is -2.23. The van der Waals surface area contributed by atoms with Crippen molar-refractivity contribution in [3.63, 3.8) is 0 Å². The van der Waals surface area contributed by atoms with Crippen molar-refractivity contribution in [1.82, 2.24) is 0 Å². The molecule has 0 radical (unpaired) electrons. The summed E-state index contributed by atoms with van der Waals surface area (Å²) in [6, 6.07) is 0. The van der Waals surface area contributed by atoms with Crippen molar-refractivity contribution in [2.75, 3.05) is 20.4 Å². The number of carbonyl (C=O) groups excluding carboxylic acids is 1. The molecule has 1 N–H and O–H groups in total. The molecule has 0 aliphatic carbocycles. The third kappa shape index (κ3) is 8.92. The van der Waals surface area contributed by atoms with E-state index in [4.69, 9.17) is 31.9 Å². The Balaban J connectivity index is 2.87. The van der Waals surface area contributed by atoms with Crippen LogP contribution < -0.4 is 5.82 Å². The second-order valence-corrected chi connectivity index (χ2v) is 9.42. The zero-order valence-electron chi connectivity index (χ0n) is 15.3. The molecule has 0 aromatic carbocycles. The van der Waals surface area contributed by atoms with E-state index in [9.17, 15) is 18.9 Å². The third-order valence-corrected chi connectivity index (χ3v) is 7.23. The topological polar surface area (TPSA) is 161 Å². The number of aryl methyl sites for hydroxylation is 1. The SMILES string of the molecule is COPOP(=O)(CC(CCC(=O)O)C(=O)OCc1oc(=O)oc1C)OPOC. The summed E-state index contributed by atoms with van der Waals surface area (Å²) >= 11 is 0. The van der Waals surface area contributed by atoms with Gasteiger partial charge in [-0.05, 0) is 13.3 Å². The number of esters is 1. The number of hydrogen-bond acceptors (Lipinski definition) is 11. The van der Waals surface area contributed by atoms with Crippen LogP contribution in [0.1, 0.15) is 24.4 Å². The Morgan fingerprint density at radius 1 is 1.18 bits per heavy atom. The Bertz CT molecular complexity index is 729. The van der Waals surface area contributed by atoms with Crippen molar-refractivity contribution in [3.05, 3.63) is 22.1 Å². The zero-order chi connectivity index (χ0) is 21.2. The first-order chi connectivity index (χ1) is 13.2. The standard InChI is InChI=1S/C13H21O12P3/c1-8-10(23-13(17)22-8)6-21-12(16)9(4-5-11(14)15)7-28(18,24-26-19-2)25-27-20-3/h9,26-27H,4-7H2,1-3H3,(H,14,15). The maximum atomic E-state index is 12.8. The molecular weight excluding hydrogens is 441 g/mol. The number of ether oxygens (including phenoxy) is 1. The highest BCUT2D eigenvalue weighted by Crippen LogP contribution is 2.59. The molecule has 1 aromatic rings. The van der Waals surface area contributed by atoms with Crippen molar-refractivity contribution < 1.29 is 50.5 Å². The van der Waals surface area contributed by atoms with E-state index >= 15 is 0 Å². The van der Waals surface area contributed by atoms with Crippen molar-refractivity contribution in [3.8, 4) is 0 Å². The van der Waals surface area contributed by atoms with Crippen LogP contribution in [0.15, 0.2) is 13.6 Å². The minimum Gasteiger partial charge on any atom is -0.481 e. The number of carboxylic acid groups (broad SMARTS) is 1. The van der Waals surface area contributed by atoms with Crippen LogP contribution in [0.4, 0.5) is 0 Å². The van der Waals surface area contributed by atoms with Crippen molar-refractivity contribution >= 4 is 37.6 Å². The molecule has 3 unspecified atom stereocenters. The second-order valence-electron chi connectivity index (χ2n) is 5.22. The minimum atomic E-state index is -3.83. The van der Waals surface area contributed by atoms with Crippen LogP contribution in [0.2, 0.25) is 0 Å². The molecule has 28 heavy (non-hydrogen) atoms.